The van der Waals surface area contributed by atoms with Crippen LogP contribution in [0, 0.1) is 11.6 Å². The Kier molecular flexibility index (Phi) is 7.89. The quantitative estimate of drug-likeness (QED) is 0.230. The number of piperazine rings is 1. The molecule has 0 amide bonds. The van der Waals surface area contributed by atoms with E-state index < -0.39 is 41.7 Å². The minimum atomic E-state index is -4.63. The van der Waals surface area contributed by atoms with Gasteiger partial charge in [-0.05, 0) is 36.4 Å². The number of alkyl halides is 6. The first-order chi connectivity index (χ1) is 19.9. The summed E-state index contributed by atoms with van der Waals surface area (Å²) in [5.74, 6) is -2.20. The van der Waals surface area contributed by atoms with Crippen LogP contribution < -0.4 is 14.5 Å². The molecule has 2 aromatic carbocycles. The van der Waals surface area contributed by atoms with E-state index in [0.29, 0.717) is 0 Å². The van der Waals surface area contributed by atoms with Gasteiger partial charge in [-0.25, -0.2) is 13.8 Å². The second-order valence-corrected chi connectivity index (χ2v) is 9.31. The van der Waals surface area contributed by atoms with Gasteiger partial charge in [0.05, 0.1) is 16.8 Å². The summed E-state index contributed by atoms with van der Waals surface area (Å²) in [5, 5.41) is 0. The molecular weight excluding hydrogens is 574 g/mol. The van der Waals surface area contributed by atoms with Crippen molar-refractivity contribution >= 4 is 11.6 Å². The molecule has 0 N–H and O–H groups in total. The molecule has 4 aromatic rings. The zero-order valence-electron chi connectivity index (χ0n) is 21.6. The van der Waals surface area contributed by atoms with Crippen LogP contribution in [-0.2, 0) is 19.0 Å². The van der Waals surface area contributed by atoms with Gasteiger partial charge in [0.15, 0.2) is 11.6 Å². The second-order valence-electron chi connectivity index (χ2n) is 9.31. The normalized spacial score (nSPS) is 14.3. The van der Waals surface area contributed by atoms with Crippen LogP contribution in [0.15, 0.2) is 66.9 Å². The first kappa shape index (κ1) is 29.0. The second kappa shape index (κ2) is 11.4. The Bertz CT molecular complexity index is 1570. The molecule has 3 heterocycles. The molecule has 0 spiro atoms. The van der Waals surface area contributed by atoms with Gasteiger partial charge in [0.1, 0.15) is 18.2 Å². The number of pyridine rings is 1. The lowest BCUT2D eigenvalue weighted by atomic mass is 10.1. The largest absolute Gasteiger partial charge is 0.459 e. The van der Waals surface area contributed by atoms with Gasteiger partial charge < -0.3 is 14.5 Å². The van der Waals surface area contributed by atoms with E-state index in [1.807, 2.05) is 0 Å². The molecule has 0 bridgehead atoms. The lowest BCUT2D eigenvalue weighted by Crippen LogP contribution is -2.47. The highest BCUT2D eigenvalue weighted by Crippen LogP contribution is 2.36. The number of benzene rings is 2. The maximum atomic E-state index is 14.0. The lowest BCUT2D eigenvalue weighted by Gasteiger charge is -2.37. The standard InChI is InChI=1S/C28H21F8N5O/c29-21-8-7-17(14-22(21)30)23-15-24(39-26(38-23)42-16-18-4-1-2-5-19(18)27(31,32)33)40-10-12-41(13-11-40)25-20(28(34,35)36)6-3-9-37-25/h1-9,14-15H,10-13,16H2. The predicted octanol–water partition coefficient (Wildman–Crippen LogP) is 6.76. The number of rotatable bonds is 6. The predicted molar refractivity (Wildman–Crippen MR) is 137 cm³/mol. The summed E-state index contributed by atoms with van der Waals surface area (Å²) in [5.41, 5.74) is -1.68. The first-order valence-corrected chi connectivity index (χ1v) is 12.5. The topological polar surface area (TPSA) is 54.4 Å². The van der Waals surface area contributed by atoms with Crippen LogP contribution in [0.4, 0.5) is 46.8 Å². The highest BCUT2D eigenvalue weighted by Gasteiger charge is 2.36. The number of hydrogen-bond acceptors (Lipinski definition) is 6. The van der Waals surface area contributed by atoms with E-state index >= 15 is 0 Å². The fourth-order valence-electron chi connectivity index (χ4n) is 4.53. The van der Waals surface area contributed by atoms with Gasteiger partial charge in [-0.15, -0.1) is 0 Å². The molecule has 0 radical (unpaired) electrons. The highest BCUT2D eigenvalue weighted by atomic mass is 19.4. The van der Waals surface area contributed by atoms with Crippen molar-refractivity contribution < 1.29 is 39.9 Å². The van der Waals surface area contributed by atoms with Crippen molar-refractivity contribution in [3.05, 3.63) is 95.2 Å². The van der Waals surface area contributed by atoms with Crippen molar-refractivity contribution in [3.63, 3.8) is 0 Å². The first-order valence-electron chi connectivity index (χ1n) is 12.5. The summed E-state index contributed by atoms with van der Waals surface area (Å²) in [7, 11) is 0. The molecule has 2 aromatic heterocycles. The number of ether oxygens (including phenoxy) is 1. The Morgan fingerprint density at radius 3 is 2.07 bits per heavy atom. The van der Waals surface area contributed by atoms with Crippen molar-refractivity contribution in [2.75, 3.05) is 36.0 Å². The Hall–Kier alpha value is -4.49. The summed E-state index contributed by atoms with van der Waals surface area (Å²) < 4.78 is 114. The molecule has 1 saturated heterocycles. The van der Waals surface area contributed by atoms with Crippen LogP contribution in [0.5, 0.6) is 6.01 Å². The Labute approximate surface area is 234 Å². The van der Waals surface area contributed by atoms with Crippen molar-refractivity contribution in [2.45, 2.75) is 19.0 Å². The van der Waals surface area contributed by atoms with Gasteiger partial charge in [-0.1, -0.05) is 18.2 Å². The fraction of sp³-hybridized carbons (Fsp3) is 0.250. The summed E-state index contributed by atoms with van der Waals surface area (Å²) in [6, 6.07) is 11.2. The van der Waals surface area contributed by atoms with Gasteiger partial charge in [0.2, 0.25) is 0 Å². The molecule has 0 atom stereocenters. The molecule has 0 aliphatic carbocycles. The van der Waals surface area contributed by atoms with Crippen LogP contribution in [0.2, 0.25) is 0 Å². The van der Waals surface area contributed by atoms with E-state index in [1.165, 1.54) is 47.5 Å². The third-order valence-corrected chi connectivity index (χ3v) is 6.58. The molecule has 1 aliphatic rings. The zero-order chi connectivity index (χ0) is 30.1. The zero-order valence-corrected chi connectivity index (χ0v) is 21.6. The van der Waals surface area contributed by atoms with Crippen LogP contribution in [0.25, 0.3) is 11.3 Å². The van der Waals surface area contributed by atoms with Gasteiger partial charge in [0, 0.05) is 49.6 Å². The number of hydrogen-bond donors (Lipinski definition) is 0. The Morgan fingerprint density at radius 2 is 1.38 bits per heavy atom. The molecule has 1 fully saturated rings. The van der Waals surface area contributed by atoms with E-state index in [4.69, 9.17) is 4.74 Å². The molecule has 0 saturated carbocycles. The minimum absolute atomic E-state index is 0.101. The molecule has 42 heavy (non-hydrogen) atoms. The summed E-state index contributed by atoms with van der Waals surface area (Å²) in [4.78, 5) is 15.6. The third kappa shape index (κ3) is 6.37. The van der Waals surface area contributed by atoms with Gasteiger partial charge >= 0.3 is 18.4 Å². The molecular formula is C28H21F8N5O. The van der Waals surface area contributed by atoms with Gasteiger partial charge in [-0.2, -0.15) is 36.3 Å². The van der Waals surface area contributed by atoms with Crippen molar-refractivity contribution in [2.24, 2.45) is 0 Å². The number of anilines is 2. The smallest absolute Gasteiger partial charge is 0.419 e. The lowest BCUT2D eigenvalue weighted by molar-refractivity contribution is -0.139. The Morgan fingerprint density at radius 1 is 0.714 bits per heavy atom. The number of aromatic nitrogens is 3. The van der Waals surface area contributed by atoms with Crippen LogP contribution in [-0.4, -0.2) is 41.1 Å². The molecule has 220 valence electrons. The fourth-order valence-corrected chi connectivity index (χ4v) is 4.53. The van der Waals surface area contributed by atoms with E-state index in [0.717, 1.165) is 24.3 Å². The number of halogens is 8. The molecule has 14 heteroatoms. The molecule has 6 nitrogen and oxygen atoms in total. The minimum Gasteiger partial charge on any atom is -0.459 e. The summed E-state index contributed by atoms with van der Waals surface area (Å²) in [6.07, 6.45) is -7.95. The highest BCUT2D eigenvalue weighted by molar-refractivity contribution is 5.64. The van der Waals surface area contributed by atoms with E-state index in [2.05, 4.69) is 15.0 Å². The maximum absolute atomic E-state index is 14.0. The maximum Gasteiger partial charge on any atom is 0.419 e. The molecule has 5 rings (SSSR count). The van der Waals surface area contributed by atoms with Crippen molar-refractivity contribution in [1.29, 1.82) is 0 Å². The molecule has 0 unspecified atom stereocenters. The van der Waals surface area contributed by atoms with Crippen molar-refractivity contribution in [1.82, 2.24) is 15.0 Å². The van der Waals surface area contributed by atoms with E-state index in [1.54, 1.807) is 4.90 Å². The number of nitrogens with zero attached hydrogens (tertiary/aromatic N) is 5. The summed E-state index contributed by atoms with van der Waals surface area (Å²) >= 11 is 0. The third-order valence-electron chi connectivity index (χ3n) is 6.58. The van der Waals surface area contributed by atoms with Crippen molar-refractivity contribution in [3.8, 4) is 17.3 Å². The Balaban J connectivity index is 1.43. The SMILES string of the molecule is Fc1ccc(-c2cc(N3CCN(c4ncccc4C(F)(F)F)CC3)nc(OCc3ccccc3C(F)(F)F)n2)cc1F. The van der Waals surface area contributed by atoms with Crippen LogP contribution in [0.1, 0.15) is 16.7 Å². The average molecular weight is 595 g/mol. The average Bonchev–Trinajstić information content (AvgIpc) is 2.96. The van der Waals surface area contributed by atoms with Crippen LogP contribution >= 0.6 is 0 Å². The van der Waals surface area contributed by atoms with E-state index in [-0.39, 0.29) is 60.6 Å². The van der Waals surface area contributed by atoms with Gasteiger partial charge in [-0.3, -0.25) is 0 Å². The van der Waals surface area contributed by atoms with E-state index in [9.17, 15) is 35.1 Å². The summed E-state index contributed by atoms with van der Waals surface area (Å²) in [6.45, 7) is 0.125. The molecule has 1 aliphatic heterocycles. The van der Waals surface area contributed by atoms with Gasteiger partial charge in [0.25, 0.3) is 0 Å². The monoisotopic (exact) mass is 595 g/mol. The van der Waals surface area contributed by atoms with Crippen LogP contribution in [0.3, 0.4) is 0 Å².